The van der Waals surface area contributed by atoms with Crippen LogP contribution in [0.15, 0.2) is 18.2 Å². The molecular weight excluding hydrogens is 252 g/mol. The van der Waals surface area contributed by atoms with Crippen molar-refractivity contribution in [2.75, 3.05) is 13.7 Å². The number of benzene rings is 1. The third-order valence-corrected chi connectivity index (χ3v) is 3.43. The first kappa shape index (κ1) is 14.1. The summed E-state index contributed by atoms with van der Waals surface area (Å²) in [7, 11) is 1.43. The van der Waals surface area contributed by atoms with Gasteiger partial charge in [0.05, 0.1) is 7.11 Å². The van der Waals surface area contributed by atoms with E-state index in [0.29, 0.717) is 12.3 Å². The highest BCUT2D eigenvalue weighted by atomic mass is 19.3. The van der Waals surface area contributed by atoms with Gasteiger partial charge in [-0.25, -0.2) is 0 Å². The zero-order valence-corrected chi connectivity index (χ0v) is 11.0. The number of halogens is 2. The summed E-state index contributed by atoms with van der Waals surface area (Å²) in [5, 5.41) is 3.34. The van der Waals surface area contributed by atoms with Crippen LogP contribution in [-0.4, -0.2) is 20.3 Å². The molecule has 1 fully saturated rings. The molecule has 1 saturated carbocycles. The van der Waals surface area contributed by atoms with Crippen molar-refractivity contribution in [1.29, 1.82) is 0 Å². The van der Waals surface area contributed by atoms with Crippen LogP contribution in [0.5, 0.6) is 11.5 Å². The Morgan fingerprint density at radius 3 is 2.68 bits per heavy atom. The second kappa shape index (κ2) is 6.70. The largest absolute Gasteiger partial charge is 0.493 e. The first-order chi connectivity index (χ1) is 9.19. The van der Waals surface area contributed by atoms with E-state index in [1.807, 2.05) is 6.07 Å². The van der Waals surface area contributed by atoms with Crippen LogP contribution < -0.4 is 14.8 Å². The molecule has 0 saturated heterocycles. The van der Waals surface area contributed by atoms with Crippen molar-refractivity contribution in [3.63, 3.8) is 0 Å². The van der Waals surface area contributed by atoms with E-state index in [1.165, 1.54) is 26.4 Å². The van der Waals surface area contributed by atoms with Crippen molar-refractivity contribution in [2.45, 2.75) is 32.4 Å². The molecule has 0 aromatic heterocycles. The molecular formula is C14H19F2NO2. The second-order valence-electron chi connectivity index (χ2n) is 4.79. The summed E-state index contributed by atoms with van der Waals surface area (Å²) in [6.07, 6.45) is 3.89. The van der Waals surface area contributed by atoms with Crippen molar-refractivity contribution in [3.05, 3.63) is 23.8 Å². The summed E-state index contributed by atoms with van der Waals surface area (Å²) in [5.74, 6) is 1.18. The molecule has 106 valence electrons. The Morgan fingerprint density at radius 1 is 1.32 bits per heavy atom. The molecule has 0 aliphatic heterocycles. The maximum absolute atomic E-state index is 12.3. The smallest absolute Gasteiger partial charge is 0.387 e. The van der Waals surface area contributed by atoms with Crippen LogP contribution in [-0.2, 0) is 6.54 Å². The number of hydrogen-bond donors (Lipinski definition) is 1. The molecule has 0 unspecified atom stereocenters. The number of rotatable bonds is 7. The van der Waals surface area contributed by atoms with E-state index in [9.17, 15) is 8.78 Å². The average molecular weight is 271 g/mol. The second-order valence-corrected chi connectivity index (χ2v) is 4.79. The van der Waals surface area contributed by atoms with Crippen molar-refractivity contribution >= 4 is 0 Å². The van der Waals surface area contributed by atoms with Crippen LogP contribution in [0.1, 0.15) is 24.8 Å². The molecule has 0 spiro atoms. The summed E-state index contributed by atoms with van der Waals surface area (Å²) in [4.78, 5) is 0. The van der Waals surface area contributed by atoms with Crippen molar-refractivity contribution in [1.82, 2.24) is 5.32 Å². The number of hydrogen-bond acceptors (Lipinski definition) is 3. The molecule has 0 atom stereocenters. The highest BCUT2D eigenvalue weighted by Crippen LogP contribution is 2.29. The SMILES string of the molecule is COc1ccc(CNCC2CCC2)cc1OC(F)F. The van der Waals surface area contributed by atoms with Gasteiger partial charge in [0.2, 0.25) is 0 Å². The lowest BCUT2D eigenvalue weighted by atomic mass is 9.85. The molecule has 0 heterocycles. The molecule has 5 heteroatoms. The van der Waals surface area contributed by atoms with Gasteiger partial charge in [-0.2, -0.15) is 8.78 Å². The molecule has 1 aliphatic carbocycles. The minimum absolute atomic E-state index is 0.0837. The standard InChI is InChI=1S/C14H19F2NO2/c1-18-12-6-5-11(7-13(12)19-14(15)16)9-17-8-10-3-2-4-10/h5-7,10,14,17H,2-4,8-9H2,1H3. The fraction of sp³-hybridized carbons (Fsp3) is 0.571. The van der Waals surface area contributed by atoms with Crippen LogP contribution in [0.3, 0.4) is 0 Å². The predicted molar refractivity (Wildman–Crippen MR) is 68.7 cm³/mol. The van der Waals surface area contributed by atoms with E-state index < -0.39 is 6.61 Å². The first-order valence-corrected chi connectivity index (χ1v) is 6.51. The third kappa shape index (κ3) is 4.06. The highest BCUT2D eigenvalue weighted by Gasteiger charge is 2.16. The molecule has 2 rings (SSSR count). The molecule has 0 radical (unpaired) electrons. The predicted octanol–water partition coefficient (Wildman–Crippen LogP) is 3.19. The summed E-state index contributed by atoms with van der Waals surface area (Å²) in [5.41, 5.74) is 0.913. The van der Waals surface area contributed by atoms with Gasteiger partial charge in [0.15, 0.2) is 11.5 Å². The molecule has 1 aromatic carbocycles. The normalized spacial score (nSPS) is 15.4. The van der Waals surface area contributed by atoms with Crippen LogP contribution in [0, 0.1) is 5.92 Å². The van der Waals surface area contributed by atoms with E-state index in [0.717, 1.165) is 18.0 Å². The molecule has 1 aliphatic rings. The Kier molecular flexibility index (Phi) is 4.96. The van der Waals surface area contributed by atoms with Gasteiger partial charge >= 0.3 is 6.61 Å². The highest BCUT2D eigenvalue weighted by molar-refractivity contribution is 5.42. The molecule has 0 bridgehead atoms. The maximum atomic E-state index is 12.3. The topological polar surface area (TPSA) is 30.5 Å². The quantitative estimate of drug-likeness (QED) is 0.826. The van der Waals surface area contributed by atoms with E-state index in [4.69, 9.17) is 4.74 Å². The van der Waals surface area contributed by atoms with Crippen molar-refractivity contribution < 1.29 is 18.3 Å². The first-order valence-electron chi connectivity index (χ1n) is 6.51. The molecule has 1 aromatic rings. The zero-order valence-electron chi connectivity index (χ0n) is 11.0. The van der Waals surface area contributed by atoms with Gasteiger partial charge in [0.1, 0.15) is 0 Å². The molecule has 0 amide bonds. The summed E-state index contributed by atoms with van der Waals surface area (Å²) in [6, 6.07) is 5.10. The Balaban J connectivity index is 1.91. The van der Waals surface area contributed by atoms with Gasteiger partial charge in [0, 0.05) is 6.54 Å². The zero-order chi connectivity index (χ0) is 13.7. The fourth-order valence-corrected chi connectivity index (χ4v) is 2.14. The van der Waals surface area contributed by atoms with Crippen LogP contribution in [0.2, 0.25) is 0 Å². The molecule has 19 heavy (non-hydrogen) atoms. The maximum Gasteiger partial charge on any atom is 0.387 e. The van der Waals surface area contributed by atoms with Gasteiger partial charge in [0.25, 0.3) is 0 Å². The number of ether oxygens (including phenoxy) is 2. The Hall–Kier alpha value is -1.36. The monoisotopic (exact) mass is 271 g/mol. The van der Waals surface area contributed by atoms with E-state index in [2.05, 4.69) is 10.1 Å². The van der Waals surface area contributed by atoms with Crippen LogP contribution in [0.4, 0.5) is 8.78 Å². The minimum atomic E-state index is -2.84. The van der Waals surface area contributed by atoms with Crippen molar-refractivity contribution in [2.24, 2.45) is 5.92 Å². The fourth-order valence-electron chi connectivity index (χ4n) is 2.14. The lowest BCUT2D eigenvalue weighted by Crippen LogP contribution is -2.26. The minimum Gasteiger partial charge on any atom is -0.493 e. The summed E-state index contributed by atoms with van der Waals surface area (Å²) < 4.78 is 34.0. The third-order valence-electron chi connectivity index (χ3n) is 3.43. The Labute approximate surface area is 111 Å². The number of alkyl halides is 2. The van der Waals surface area contributed by atoms with E-state index >= 15 is 0 Å². The van der Waals surface area contributed by atoms with Gasteiger partial charge in [-0.1, -0.05) is 12.5 Å². The average Bonchev–Trinajstić information content (AvgIpc) is 2.32. The molecule has 1 N–H and O–H groups in total. The van der Waals surface area contributed by atoms with Crippen LogP contribution in [0.25, 0.3) is 0 Å². The van der Waals surface area contributed by atoms with Gasteiger partial charge in [-0.05, 0) is 43.0 Å². The Bertz CT molecular complexity index is 408. The van der Waals surface area contributed by atoms with Gasteiger partial charge in [-0.15, -0.1) is 0 Å². The number of methoxy groups -OCH3 is 1. The van der Waals surface area contributed by atoms with Gasteiger partial charge in [-0.3, -0.25) is 0 Å². The molecule has 3 nitrogen and oxygen atoms in total. The van der Waals surface area contributed by atoms with Crippen LogP contribution >= 0.6 is 0 Å². The van der Waals surface area contributed by atoms with Gasteiger partial charge < -0.3 is 14.8 Å². The van der Waals surface area contributed by atoms with E-state index in [-0.39, 0.29) is 5.75 Å². The van der Waals surface area contributed by atoms with E-state index in [1.54, 1.807) is 12.1 Å². The summed E-state index contributed by atoms with van der Waals surface area (Å²) in [6.45, 7) is -1.20. The summed E-state index contributed by atoms with van der Waals surface area (Å²) >= 11 is 0. The van der Waals surface area contributed by atoms with Crippen molar-refractivity contribution in [3.8, 4) is 11.5 Å². The Morgan fingerprint density at radius 2 is 2.11 bits per heavy atom. The lowest BCUT2D eigenvalue weighted by molar-refractivity contribution is -0.0512. The lowest BCUT2D eigenvalue weighted by Gasteiger charge is -2.25. The number of nitrogens with one attached hydrogen (secondary N) is 1.